The molecular formula is C20H25NO3. The van der Waals surface area contributed by atoms with Crippen molar-refractivity contribution in [3.63, 3.8) is 0 Å². The third-order valence-corrected chi connectivity index (χ3v) is 3.51. The summed E-state index contributed by atoms with van der Waals surface area (Å²) in [7, 11) is 0. The fourth-order valence-corrected chi connectivity index (χ4v) is 2.15. The molecule has 0 aromatic heterocycles. The minimum Gasteiger partial charge on any atom is -0.491 e. The lowest BCUT2D eigenvalue weighted by atomic mass is 10.2. The molecule has 1 N–H and O–H groups in total. The van der Waals surface area contributed by atoms with Crippen LogP contribution in [0.3, 0.4) is 0 Å². The van der Waals surface area contributed by atoms with E-state index in [1.54, 1.807) is 12.1 Å². The van der Waals surface area contributed by atoms with Crippen molar-refractivity contribution in [1.29, 1.82) is 0 Å². The molecule has 128 valence electrons. The number of benzene rings is 2. The number of anilines is 1. The Kier molecular flexibility index (Phi) is 6.24. The van der Waals surface area contributed by atoms with Gasteiger partial charge in [-0.1, -0.05) is 25.1 Å². The highest BCUT2D eigenvalue weighted by Gasteiger charge is 2.12. The van der Waals surface area contributed by atoms with Crippen molar-refractivity contribution in [2.75, 3.05) is 5.32 Å². The van der Waals surface area contributed by atoms with Gasteiger partial charge >= 0.3 is 0 Å². The smallest absolute Gasteiger partial charge is 0.255 e. The summed E-state index contributed by atoms with van der Waals surface area (Å²) in [6.45, 7) is 7.97. The Balaban J connectivity index is 2.14. The van der Waals surface area contributed by atoms with Crippen LogP contribution in [-0.4, -0.2) is 18.1 Å². The molecule has 2 aromatic rings. The first-order valence-corrected chi connectivity index (χ1v) is 8.33. The summed E-state index contributed by atoms with van der Waals surface area (Å²) in [5, 5.41) is 2.91. The summed E-state index contributed by atoms with van der Waals surface area (Å²) in [6.07, 6.45) is 1.06. The third kappa shape index (κ3) is 5.01. The predicted molar refractivity (Wildman–Crippen MR) is 97.0 cm³/mol. The molecule has 4 heteroatoms. The first kappa shape index (κ1) is 17.9. The van der Waals surface area contributed by atoms with Gasteiger partial charge in [-0.2, -0.15) is 0 Å². The molecule has 2 rings (SSSR count). The highest BCUT2D eigenvalue weighted by Crippen LogP contribution is 2.26. The molecule has 0 aliphatic carbocycles. The van der Waals surface area contributed by atoms with Gasteiger partial charge in [0.2, 0.25) is 0 Å². The van der Waals surface area contributed by atoms with Gasteiger partial charge in [-0.25, -0.2) is 0 Å². The number of hydrogen-bond acceptors (Lipinski definition) is 3. The SMILES string of the molecule is CCC(C)Oc1cccc(C(=O)Nc2ccccc2OC(C)C)c1. The summed E-state index contributed by atoms with van der Waals surface area (Å²) in [5.41, 5.74) is 1.21. The molecule has 0 spiro atoms. The number of rotatable bonds is 7. The van der Waals surface area contributed by atoms with Crippen molar-refractivity contribution in [2.24, 2.45) is 0 Å². The average Bonchev–Trinajstić information content (AvgIpc) is 2.56. The van der Waals surface area contributed by atoms with Crippen LogP contribution < -0.4 is 14.8 Å². The largest absolute Gasteiger partial charge is 0.491 e. The molecule has 0 bridgehead atoms. The summed E-state index contributed by atoms with van der Waals surface area (Å²) < 4.78 is 11.5. The van der Waals surface area contributed by atoms with Gasteiger partial charge in [0.1, 0.15) is 11.5 Å². The quantitative estimate of drug-likeness (QED) is 0.786. The summed E-state index contributed by atoms with van der Waals surface area (Å²) in [5.74, 6) is 1.17. The van der Waals surface area contributed by atoms with Crippen molar-refractivity contribution in [2.45, 2.75) is 46.3 Å². The third-order valence-electron chi connectivity index (χ3n) is 3.51. The second kappa shape index (κ2) is 8.39. The fourth-order valence-electron chi connectivity index (χ4n) is 2.15. The lowest BCUT2D eigenvalue weighted by molar-refractivity contribution is 0.102. The van der Waals surface area contributed by atoms with Gasteiger partial charge in [-0.15, -0.1) is 0 Å². The Morgan fingerprint density at radius 1 is 1.04 bits per heavy atom. The first-order chi connectivity index (χ1) is 11.5. The molecule has 0 saturated carbocycles. The van der Waals surface area contributed by atoms with Gasteiger partial charge in [0.25, 0.3) is 5.91 Å². The van der Waals surface area contributed by atoms with E-state index in [0.717, 1.165) is 6.42 Å². The van der Waals surface area contributed by atoms with Crippen LogP contribution in [0.1, 0.15) is 44.5 Å². The zero-order chi connectivity index (χ0) is 17.5. The van der Waals surface area contributed by atoms with Gasteiger partial charge in [0.15, 0.2) is 0 Å². The van der Waals surface area contributed by atoms with Crippen LogP contribution in [0.4, 0.5) is 5.69 Å². The number of ether oxygens (including phenoxy) is 2. The maximum Gasteiger partial charge on any atom is 0.255 e. The number of nitrogens with one attached hydrogen (secondary N) is 1. The molecule has 24 heavy (non-hydrogen) atoms. The van der Waals surface area contributed by atoms with E-state index in [-0.39, 0.29) is 18.1 Å². The fraction of sp³-hybridized carbons (Fsp3) is 0.350. The molecule has 0 radical (unpaired) electrons. The molecule has 1 atom stereocenters. The zero-order valence-corrected chi connectivity index (χ0v) is 14.7. The van der Waals surface area contributed by atoms with E-state index in [4.69, 9.17) is 9.47 Å². The number of carbonyl (C=O) groups excluding carboxylic acids is 1. The molecule has 1 unspecified atom stereocenters. The monoisotopic (exact) mass is 327 g/mol. The molecule has 0 aliphatic rings. The van der Waals surface area contributed by atoms with Crippen molar-refractivity contribution >= 4 is 11.6 Å². The Morgan fingerprint density at radius 3 is 2.50 bits per heavy atom. The van der Waals surface area contributed by atoms with Crippen LogP contribution in [0.15, 0.2) is 48.5 Å². The Morgan fingerprint density at radius 2 is 1.79 bits per heavy atom. The summed E-state index contributed by atoms with van der Waals surface area (Å²) in [4.78, 5) is 12.5. The van der Waals surface area contributed by atoms with Crippen LogP contribution in [0, 0.1) is 0 Å². The molecular weight excluding hydrogens is 302 g/mol. The highest BCUT2D eigenvalue weighted by molar-refractivity contribution is 6.05. The van der Waals surface area contributed by atoms with Crippen LogP contribution >= 0.6 is 0 Å². The molecule has 1 amide bonds. The maximum atomic E-state index is 12.5. The number of amides is 1. The maximum absolute atomic E-state index is 12.5. The summed E-state index contributed by atoms with van der Waals surface area (Å²) in [6, 6.07) is 14.6. The van der Waals surface area contributed by atoms with E-state index < -0.39 is 0 Å². The number of hydrogen-bond donors (Lipinski definition) is 1. The Hall–Kier alpha value is -2.49. The van der Waals surface area contributed by atoms with E-state index in [2.05, 4.69) is 12.2 Å². The van der Waals surface area contributed by atoms with Crippen LogP contribution in [0.5, 0.6) is 11.5 Å². The molecule has 0 aliphatic heterocycles. The topological polar surface area (TPSA) is 47.6 Å². The van der Waals surface area contributed by atoms with Crippen molar-refractivity contribution in [1.82, 2.24) is 0 Å². The lowest BCUT2D eigenvalue weighted by Gasteiger charge is -2.15. The molecule has 0 fully saturated rings. The van der Waals surface area contributed by atoms with E-state index in [1.807, 2.05) is 57.2 Å². The van der Waals surface area contributed by atoms with Gasteiger partial charge in [-0.05, 0) is 57.5 Å². The van der Waals surface area contributed by atoms with E-state index in [9.17, 15) is 4.79 Å². The van der Waals surface area contributed by atoms with Crippen molar-refractivity contribution in [3.05, 3.63) is 54.1 Å². The molecule has 0 heterocycles. The average molecular weight is 327 g/mol. The molecule has 0 saturated heterocycles. The molecule has 2 aromatic carbocycles. The lowest BCUT2D eigenvalue weighted by Crippen LogP contribution is -2.15. The van der Waals surface area contributed by atoms with Crippen LogP contribution in [0.2, 0.25) is 0 Å². The second-order valence-electron chi connectivity index (χ2n) is 5.98. The van der Waals surface area contributed by atoms with Crippen molar-refractivity contribution in [3.8, 4) is 11.5 Å². The predicted octanol–water partition coefficient (Wildman–Crippen LogP) is 4.90. The standard InChI is InChI=1S/C20H25NO3/c1-5-15(4)24-17-10-8-9-16(13-17)20(22)21-18-11-6-7-12-19(18)23-14(2)3/h6-15H,5H2,1-4H3,(H,21,22). The zero-order valence-electron chi connectivity index (χ0n) is 14.7. The van der Waals surface area contributed by atoms with E-state index in [1.165, 1.54) is 0 Å². The van der Waals surface area contributed by atoms with Crippen molar-refractivity contribution < 1.29 is 14.3 Å². The Labute approximate surface area is 143 Å². The normalized spacial score (nSPS) is 11.9. The molecule has 4 nitrogen and oxygen atoms in total. The van der Waals surface area contributed by atoms with E-state index >= 15 is 0 Å². The van der Waals surface area contributed by atoms with Crippen LogP contribution in [-0.2, 0) is 0 Å². The highest BCUT2D eigenvalue weighted by atomic mass is 16.5. The van der Waals surface area contributed by atoms with Gasteiger partial charge in [0, 0.05) is 5.56 Å². The van der Waals surface area contributed by atoms with Crippen LogP contribution in [0.25, 0.3) is 0 Å². The van der Waals surface area contributed by atoms with Gasteiger partial charge < -0.3 is 14.8 Å². The minimum atomic E-state index is -0.190. The second-order valence-corrected chi connectivity index (χ2v) is 5.98. The Bertz CT molecular complexity index is 682. The number of carbonyl (C=O) groups is 1. The summed E-state index contributed by atoms with van der Waals surface area (Å²) >= 11 is 0. The van der Waals surface area contributed by atoms with E-state index in [0.29, 0.717) is 22.7 Å². The van der Waals surface area contributed by atoms with Gasteiger partial charge in [0.05, 0.1) is 17.9 Å². The number of para-hydroxylation sites is 2. The first-order valence-electron chi connectivity index (χ1n) is 8.33. The minimum absolute atomic E-state index is 0.0373. The van der Waals surface area contributed by atoms with Gasteiger partial charge in [-0.3, -0.25) is 4.79 Å².